The minimum atomic E-state index is -0.713. The number of nitro benzene ring substituents is 1. The highest BCUT2D eigenvalue weighted by Gasteiger charge is 2.50. The molecule has 4 rings (SSSR count). The van der Waals surface area contributed by atoms with Gasteiger partial charge >= 0.3 is 0 Å². The zero-order valence-electron chi connectivity index (χ0n) is 14.7. The first-order chi connectivity index (χ1) is 12.5. The van der Waals surface area contributed by atoms with E-state index in [9.17, 15) is 10.1 Å². The first kappa shape index (κ1) is 16.8. The van der Waals surface area contributed by atoms with E-state index in [0.717, 1.165) is 22.7 Å². The van der Waals surface area contributed by atoms with Gasteiger partial charge in [-0.2, -0.15) is 0 Å². The van der Waals surface area contributed by atoms with Crippen LogP contribution < -0.4 is 14.4 Å². The van der Waals surface area contributed by atoms with Crippen LogP contribution in [0.25, 0.3) is 6.08 Å². The average Bonchev–Trinajstić information content (AvgIpc) is 2.95. The number of benzene rings is 2. The standard InChI is InChI=1S/C19H18N2O4S/c1-4-20-15-7-5-6-8-17(15)26-19(20)12(2)9-13-10-14(21(22)23)11-16(24-3)18(13)25-19/h5-11H,4H2,1-3H3. The van der Waals surface area contributed by atoms with Crippen molar-refractivity contribution in [2.24, 2.45) is 0 Å². The molecule has 2 aromatic carbocycles. The van der Waals surface area contributed by atoms with Crippen molar-refractivity contribution < 1.29 is 14.4 Å². The topological polar surface area (TPSA) is 64.8 Å². The van der Waals surface area contributed by atoms with E-state index in [1.54, 1.807) is 11.8 Å². The SMILES string of the molecule is CCN1c2ccccc2SC12Oc1c(cc([N+](=O)[O-])cc1OC)C=C2C. The van der Waals surface area contributed by atoms with Gasteiger partial charge in [-0.15, -0.1) is 0 Å². The fourth-order valence-corrected chi connectivity index (χ4v) is 4.91. The Kier molecular flexibility index (Phi) is 3.84. The van der Waals surface area contributed by atoms with Crippen molar-refractivity contribution in [2.75, 3.05) is 18.6 Å². The van der Waals surface area contributed by atoms with Crippen LogP contribution >= 0.6 is 11.8 Å². The molecule has 2 aromatic rings. The van der Waals surface area contributed by atoms with Crippen LogP contribution in [0.5, 0.6) is 11.5 Å². The smallest absolute Gasteiger partial charge is 0.274 e. The van der Waals surface area contributed by atoms with E-state index in [4.69, 9.17) is 9.47 Å². The summed E-state index contributed by atoms with van der Waals surface area (Å²) in [4.78, 5) is 14.1. The highest BCUT2D eigenvalue weighted by Crippen LogP contribution is 2.57. The summed E-state index contributed by atoms with van der Waals surface area (Å²) in [6, 6.07) is 11.1. The fraction of sp³-hybridized carbons (Fsp3) is 0.263. The summed E-state index contributed by atoms with van der Waals surface area (Å²) in [6.45, 7) is 4.85. The fourth-order valence-electron chi connectivity index (χ4n) is 3.50. The molecule has 2 aliphatic heterocycles. The van der Waals surface area contributed by atoms with Gasteiger partial charge in [0.15, 0.2) is 11.5 Å². The van der Waals surface area contributed by atoms with Crippen molar-refractivity contribution in [1.29, 1.82) is 0 Å². The van der Waals surface area contributed by atoms with Gasteiger partial charge in [0.05, 0.1) is 23.8 Å². The monoisotopic (exact) mass is 370 g/mol. The lowest BCUT2D eigenvalue weighted by molar-refractivity contribution is -0.385. The van der Waals surface area contributed by atoms with Crippen molar-refractivity contribution in [3.05, 3.63) is 57.6 Å². The molecule has 0 saturated carbocycles. The Bertz CT molecular complexity index is 943. The molecule has 2 aliphatic rings. The number of non-ortho nitro benzene ring substituents is 1. The number of likely N-dealkylation sites (N-methyl/N-ethyl adjacent to an activating group) is 1. The molecule has 0 fully saturated rings. The zero-order valence-corrected chi connectivity index (χ0v) is 15.5. The molecule has 0 bridgehead atoms. The lowest BCUT2D eigenvalue weighted by Gasteiger charge is -2.42. The average molecular weight is 370 g/mol. The third-order valence-corrected chi connectivity index (χ3v) is 6.15. The molecule has 0 radical (unpaired) electrons. The van der Waals surface area contributed by atoms with E-state index in [-0.39, 0.29) is 5.69 Å². The number of rotatable bonds is 3. The van der Waals surface area contributed by atoms with Crippen molar-refractivity contribution in [3.8, 4) is 11.5 Å². The van der Waals surface area contributed by atoms with E-state index in [1.807, 2.05) is 25.1 Å². The molecular formula is C19H18N2O4S. The van der Waals surface area contributed by atoms with Gasteiger partial charge in [0, 0.05) is 28.6 Å². The van der Waals surface area contributed by atoms with Crippen LogP contribution in [0.2, 0.25) is 0 Å². The quantitative estimate of drug-likeness (QED) is 0.577. The first-order valence-electron chi connectivity index (χ1n) is 8.30. The number of nitro groups is 1. The number of hydrogen-bond donors (Lipinski definition) is 0. The van der Waals surface area contributed by atoms with Gasteiger partial charge in [0.1, 0.15) is 0 Å². The van der Waals surface area contributed by atoms with Gasteiger partial charge in [-0.05, 0) is 43.8 Å². The van der Waals surface area contributed by atoms with Crippen LogP contribution in [0, 0.1) is 10.1 Å². The van der Waals surface area contributed by atoms with Crippen molar-refractivity contribution in [2.45, 2.75) is 23.8 Å². The predicted octanol–water partition coefficient (Wildman–Crippen LogP) is 4.69. The number of anilines is 1. The van der Waals surface area contributed by atoms with Crippen LogP contribution in [0.4, 0.5) is 11.4 Å². The Labute approximate surface area is 155 Å². The third kappa shape index (κ3) is 2.27. The number of ether oxygens (including phenoxy) is 2. The maximum absolute atomic E-state index is 11.2. The summed E-state index contributed by atoms with van der Waals surface area (Å²) in [5.74, 6) is 0.896. The molecule has 26 heavy (non-hydrogen) atoms. The van der Waals surface area contributed by atoms with Gasteiger partial charge in [0.2, 0.25) is 0 Å². The summed E-state index contributed by atoms with van der Waals surface area (Å²) < 4.78 is 11.9. The van der Waals surface area contributed by atoms with Crippen molar-refractivity contribution in [1.82, 2.24) is 0 Å². The molecule has 0 N–H and O–H groups in total. The van der Waals surface area contributed by atoms with Crippen LogP contribution in [0.15, 0.2) is 46.9 Å². The van der Waals surface area contributed by atoms with E-state index in [1.165, 1.54) is 19.2 Å². The van der Waals surface area contributed by atoms with Gasteiger partial charge in [-0.25, -0.2) is 0 Å². The van der Waals surface area contributed by atoms with Crippen molar-refractivity contribution >= 4 is 29.2 Å². The number of thioether (sulfide) groups is 1. The predicted molar refractivity (Wildman–Crippen MR) is 102 cm³/mol. The number of fused-ring (bicyclic) bond motifs is 2. The van der Waals surface area contributed by atoms with E-state index >= 15 is 0 Å². The summed E-state index contributed by atoms with van der Waals surface area (Å²) >= 11 is 1.64. The molecular weight excluding hydrogens is 352 g/mol. The maximum atomic E-state index is 11.2. The van der Waals surface area contributed by atoms with Gasteiger partial charge < -0.3 is 14.4 Å². The molecule has 1 unspecified atom stereocenters. The second kappa shape index (κ2) is 5.95. The largest absolute Gasteiger partial charge is 0.493 e. The summed E-state index contributed by atoms with van der Waals surface area (Å²) in [6.07, 6.45) is 1.95. The lowest BCUT2D eigenvalue weighted by Crippen LogP contribution is -2.50. The Balaban J connectivity index is 1.87. The minimum Gasteiger partial charge on any atom is -0.493 e. The molecule has 0 saturated heterocycles. The second-order valence-corrected chi connectivity index (χ2v) is 7.35. The van der Waals surface area contributed by atoms with Crippen LogP contribution in [0.3, 0.4) is 0 Å². The third-order valence-electron chi connectivity index (χ3n) is 4.69. The van der Waals surface area contributed by atoms with Crippen molar-refractivity contribution in [3.63, 3.8) is 0 Å². The Morgan fingerprint density at radius 1 is 1.35 bits per heavy atom. The second-order valence-electron chi connectivity index (χ2n) is 6.15. The number of methoxy groups -OCH3 is 1. The summed E-state index contributed by atoms with van der Waals surface area (Å²) in [5.41, 5.74) is 2.75. The van der Waals surface area contributed by atoms with E-state index in [2.05, 4.69) is 24.0 Å². The maximum Gasteiger partial charge on any atom is 0.274 e. The lowest BCUT2D eigenvalue weighted by atomic mass is 10.0. The zero-order chi connectivity index (χ0) is 18.5. The molecule has 0 amide bonds. The van der Waals surface area contributed by atoms with Crippen LogP contribution in [-0.4, -0.2) is 23.6 Å². The number of hydrogen-bond acceptors (Lipinski definition) is 6. The van der Waals surface area contributed by atoms with E-state index in [0.29, 0.717) is 17.1 Å². The van der Waals surface area contributed by atoms with Gasteiger partial charge in [-0.1, -0.05) is 12.1 Å². The van der Waals surface area contributed by atoms with Crippen LogP contribution in [-0.2, 0) is 0 Å². The summed E-state index contributed by atoms with van der Waals surface area (Å²) in [5, 5.41) is 10.5. The normalized spacial score (nSPS) is 20.3. The molecule has 0 aliphatic carbocycles. The molecule has 0 aromatic heterocycles. The van der Waals surface area contributed by atoms with E-state index < -0.39 is 9.98 Å². The minimum absolute atomic E-state index is 0.0149. The molecule has 1 atom stereocenters. The summed E-state index contributed by atoms with van der Waals surface area (Å²) in [7, 11) is 1.49. The van der Waals surface area contributed by atoms with Gasteiger partial charge in [0.25, 0.3) is 10.7 Å². The molecule has 1 spiro atoms. The molecule has 6 nitrogen and oxygen atoms in total. The Morgan fingerprint density at radius 2 is 2.12 bits per heavy atom. The highest BCUT2D eigenvalue weighted by molar-refractivity contribution is 8.01. The number of nitrogens with zero attached hydrogens (tertiary/aromatic N) is 2. The first-order valence-corrected chi connectivity index (χ1v) is 9.11. The highest BCUT2D eigenvalue weighted by atomic mass is 32.2. The Hall–Kier alpha value is -2.67. The molecule has 2 heterocycles. The molecule has 134 valence electrons. The number of para-hydroxylation sites is 1. The van der Waals surface area contributed by atoms with Gasteiger partial charge in [-0.3, -0.25) is 10.1 Å². The molecule has 7 heteroatoms. The van der Waals surface area contributed by atoms with Crippen LogP contribution in [0.1, 0.15) is 19.4 Å². The Morgan fingerprint density at radius 3 is 2.81 bits per heavy atom.